The number of ether oxygens (including phenoxy) is 2. The standard InChI is InChI=1S/C26H42O6/c1-4-15-26(16-10-17-26)24(29)13-9-12-20-21(23(18-22(20)28)32-19(2)27)11-7-5-6-8-14-25(30)31-3/h5,7,9,12,20-24,28-29H,4,6,8,10-11,13-18H2,1-3H3/t20-,21-,22-,23+,24?/m1/s1. The molecule has 2 rings (SSSR count). The monoisotopic (exact) mass is 450 g/mol. The molecule has 2 saturated carbocycles. The molecule has 182 valence electrons. The highest BCUT2D eigenvalue weighted by atomic mass is 16.5. The van der Waals surface area contributed by atoms with E-state index < -0.39 is 6.10 Å². The Hall–Kier alpha value is -1.66. The number of carbonyl (C=O) groups is 2. The maximum absolute atomic E-state index is 11.6. The van der Waals surface area contributed by atoms with E-state index >= 15 is 0 Å². The molecule has 6 heteroatoms. The van der Waals surface area contributed by atoms with Crippen molar-refractivity contribution in [2.24, 2.45) is 17.3 Å². The molecule has 0 saturated heterocycles. The van der Waals surface area contributed by atoms with Crippen LogP contribution in [0.25, 0.3) is 0 Å². The van der Waals surface area contributed by atoms with Gasteiger partial charge in [0, 0.05) is 31.6 Å². The van der Waals surface area contributed by atoms with Crippen LogP contribution in [0.5, 0.6) is 0 Å². The van der Waals surface area contributed by atoms with E-state index in [1.54, 1.807) is 0 Å². The highest BCUT2D eigenvalue weighted by Gasteiger charge is 2.43. The van der Waals surface area contributed by atoms with E-state index in [1.807, 2.05) is 18.2 Å². The Kier molecular flexibility index (Phi) is 10.9. The predicted molar refractivity (Wildman–Crippen MR) is 124 cm³/mol. The average molecular weight is 451 g/mol. The minimum atomic E-state index is -0.571. The van der Waals surface area contributed by atoms with Crippen LogP contribution in [-0.2, 0) is 19.1 Å². The summed E-state index contributed by atoms with van der Waals surface area (Å²) >= 11 is 0. The van der Waals surface area contributed by atoms with Gasteiger partial charge in [0.25, 0.3) is 0 Å². The minimum Gasteiger partial charge on any atom is -0.469 e. The molecule has 0 radical (unpaired) electrons. The Morgan fingerprint density at radius 3 is 2.56 bits per heavy atom. The van der Waals surface area contributed by atoms with Crippen molar-refractivity contribution in [2.75, 3.05) is 7.11 Å². The zero-order valence-electron chi connectivity index (χ0n) is 20.0. The lowest BCUT2D eigenvalue weighted by Gasteiger charge is -2.45. The first-order valence-corrected chi connectivity index (χ1v) is 12.2. The molecule has 2 aliphatic rings. The van der Waals surface area contributed by atoms with Crippen LogP contribution in [0.2, 0.25) is 0 Å². The fraction of sp³-hybridized carbons (Fsp3) is 0.769. The lowest BCUT2D eigenvalue weighted by molar-refractivity contribution is -0.148. The first kappa shape index (κ1) is 26.6. The van der Waals surface area contributed by atoms with Gasteiger partial charge in [-0.1, -0.05) is 44.1 Å². The molecule has 0 aliphatic heterocycles. The number of allylic oxidation sites excluding steroid dienone is 2. The van der Waals surface area contributed by atoms with E-state index in [2.05, 4.69) is 17.7 Å². The molecule has 2 N–H and O–H groups in total. The maximum atomic E-state index is 11.6. The quantitative estimate of drug-likeness (QED) is 0.244. The van der Waals surface area contributed by atoms with E-state index in [9.17, 15) is 19.8 Å². The molecule has 0 amide bonds. The van der Waals surface area contributed by atoms with Crippen LogP contribution in [0.15, 0.2) is 24.3 Å². The van der Waals surface area contributed by atoms with Crippen molar-refractivity contribution in [2.45, 2.75) is 103 Å². The summed E-state index contributed by atoms with van der Waals surface area (Å²) in [5, 5.41) is 21.4. The van der Waals surface area contributed by atoms with Gasteiger partial charge in [0.1, 0.15) is 6.10 Å². The first-order chi connectivity index (χ1) is 15.3. The summed E-state index contributed by atoms with van der Waals surface area (Å²) in [6.07, 6.45) is 16.0. The molecule has 0 heterocycles. The summed E-state index contributed by atoms with van der Waals surface area (Å²) in [4.78, 5) is 22.8. The normalized spacial score (nSPS) is 28.0. The lowest BCUT2D eigenvalue weighted by atomic mass is 9.62. The van der Waals surface area contributed by atoms with E-state index in [0.717, 1.165) is 38.5 Å². The fourth-order valence-corrected chi connectivity index (χ4v) is 5.36. The van der Waals surface area contributed by atoms with Gasteiger partial charge in [-0.3, -0.25) is 9.59 Å². The number of methoxy groups -OCH3 is 1. The van der Waals surface area contributed by atoms with E-state index in [-0.39, 0.29) is 41.4 Å². The van der Waals surface area contributed by atoms with Crippen LogP contribution < -0.4 is 0 Å². The van der Waals surface area contributed by atoms with Crippen molar-refractivity contribution in [3.63, 3.8) is 0 Å². The molecule has 1 unspecified atom stereocenters. The van der Waals surface area contributed by atoms with Gasteiger partial charge in [0.15, 0.2) is 0 Å². The predicted octanol–water partition coefficient (Wildman–Crippen LogP) is 4.48. The molecule has 32 heavy (non-hydrogen) atoms. The van der Waals surface area contributed by atoms with Gasteiger partial charge >= 0.3 is 11.9 Å². The van der Waals surface area contributed by atoms with Crippen LogP contribution in [0, 0.1) is 17.3 Å². The zero-order valence-corrected chi connectivity index (χ0v) is 20.0. The van der Waals surface area contributed by atoms with Crippen LogP contribution in [0.3, 0.4) is 0 Å². The summed E-state index contributed by atoms with van der Waals surface area (Å²) in [6.45, 7) is 3.57. The molecule has 0 aromatic rings. The molecule has 2 aliphatic carbocycles. The van der Waals surface area contributed by atoms with E-state index in [1.165, 1.54) is 20.5 Å². The molecule has 0 bridgehead atoms. The number of unbranched alkanes of at least 4 members (excludes halogenated alkanes) is 1. The number of aliphatic hydroxyl groups excluding tert-OH is 2. The number of carbonyl (C=O) groups excluding carboxylic acids is 2. The fourth-order valence-electron chi connectivity index (χ4n) is 5.36. The first-order valence-electron chi connectivity index (χ1n) is 12.2. The molecule has 0 aromatic carbocycles. The van der Waals surface area contributed by atoms with Gasteiger partial charge in [0.05, 0.1) is 19.3 Å². The number of aliphatic hydroxyl groups is 2. The minimum absolute atomic E-state index is 0.00699. The smallest absolute Gasteiger partial charge is 0.305 e. The second-order valence-electron chi connectivity index (χ2n) is 9.51. The van der Waals surface area contributed by atoms with Crippen LogP contribution in [-0.4, -0.2) is 47.6 Å². The topological polar surface area (TPSA) is 93.1 Å². The Labute approximate surface area is 193 Å². The third-order valence-electron chi connectivity index (χ3n) is 7.28. The van der Waals surface area contributed by atoms with Crippen LogP contribution >= 0.6 is 0 Å². The van der Waals surface area contributed by atoms with Gasteiger partial charge in [-0.25, -0.2) is 0 Å². The third kappa shape index (κ3) is 7.45. The Morgan fingerprint density at radius 2 is 1.97 bits per heavy atom. The molecule has 5 atom stereocenters. The molecule has 6 nitrogen and oxygen atoms in total. The van der Waals surface area contributed by atoms with Gasteiger partial charge < -0.3 is 19.7 Å². The van der Waals surface area contributed by atoms with Crippen molar-refractivity contribution in [1.82, 2.24) is 0 Å². The largest absolute Gasteiger partial charge is 0.469 e. The van der Waals surface area contributed by atoms with Crippen molar-refractivity contribution >= 4 is 11.9 Å². The van der Waals surface area contributed by atoms with Crippen molar-refractivity contribution in [1.29, 1.82) is 0 Å². The summed E-state index contributed by atoms with van der Waals surface area (Å²) in [7, 11) is 1.39. The molecular weight excluding hydrogens is 408 g/mol. The van der Waals surface area contributed by atoms with Gasteiger partial charge in [-0.2, -0.15) is 0 Å². The number of hydrogen-bond donors (Lipinski definition) is 2. The highest BCUT2D eigenvalue weighted by molar-refractivity contribution is 5.69. The summed E-state index contributed by atoms with van der Waals surface area (Å²) in [6, 6.07) is 0. The van der Waals surface area contributed by atoms with Gasteiger partial charge in [-0.05, 0) is 50.4 Å². The third-order valence-corrected chi connectivity index (χ3v) is 7.28. The van der Waals surface area contributed by atoms with E-state index in [0.29, 0.717) is 25.7 Å². The lowest BCUT2D eigenvalue weighted by Crippen LogP contribution is -2.41. The van der Waals surface area contributed by atoms with Crippen molar-refractivity contribution in [3.05, 3.63) is 24.3 Å². The maximum Gasteiger partial charge on any atom is 0.305 e. The van der Waals surface area contributed by atoms with Crippen molar-refractivity contribution in [3.8, 4) is 0 Å². The number of rotatable bonds is 13. The molecule has 0 aromatic heterocycles. The second kappa shape index (κ2) is 13.1. The number of esters is 2. The second-order valence-corrected chi connectivity index (χ2v) is 9.51. The van der Waals surface area contributed by atoms with Crippen LogP contribution in [0.4, 0.5) is 0 Å². The average Bonchev–Trinajstić information content (AvgIpc) is 3.00. The number of hydrogen-bond acceptors (Lipinski definition) is 6. The highest BCUT2D eigenvalue weighted by Crippen LogP contribution is 2.48. The molecular formula is C26H42O6. The van der Waals surface area contributed by atoms with Gasteiger partial charge in [0.2, 0.25) is 0 Å². The van der Waals surface area contributed by atoms with Crippen LogP contribution in [0.1, 0.15) is 84.5 Å². The van der Waals surface area contributed by atoms with Gasteiger partial charge in [-0.15, -0.1) is 0 Å². The SMILES string of the molecule is CCCC1(C(O)CC=C[C@@H]2[C@@H](CC=CCCCC(=O)OC)[C@@H](OC(C)=O)C[C@H]2O)CCC1. The zero-order chi connectivity index (χ0) is 23.6. The van der Waals surface area contributed by atoms with Crippen molar-refractivity contribution < 1.29 is 29.3 Å². The summed E-state index contributed by atoms with van der Waals surface area (Å²) < 4.78 is 10.2. The Bertz CT molecular complexity index is 651. The van der Waals surface area contributed by atoms with E-state index in [4.69, 9.17) is 4.74 Å². The molecule has 2 fully saturated rings. The summed E-state index contributed by atoms with van der Waals surface area (Å²) in [5.74, 6) is -0.662. The Balaban J connectivity index is 1.95. The summed E-state index contributed by atoms with van der Waals surface area (Å²) in [5.41, 5.74) is 0.0694. The Morgan fingerprint density at radius 1 is 1.22 bits per heavy atom. The molecule has 0 spiro atoms.